The van der Waals surface area contributed by atoms with Crippen molar-refractivity contribution in [3.63, 3.8) is 0 Å². The van der Waals surface area contributed by atoms with E-state index < -0.39 is 7.14 Å². The normalized spacial score (nSPS) is 11.3. The van der Waals surface area contributed by atoms with Crippen molar-refractivity contribution in [3.8, 4) is 0 Å². The first-order valence-corrected chi connectivity index (χ1v) is 9.83. The molecule has 0 spiro atoms. The zero-order valence-corrected chi connectivity index (χ0v) is 14.2. The van der Waals surface area contributed by atoms with Crippen LogP contribution in [0.25, 0.3) is 0 Å². The predicted octanol–water partition coefficient (Wildman–Crippen LogP) is 4.55. The van der Waals surface area contributed by atoms with Crippen LogP contribution in [0.4, 0.5) is 0 Å². The maximum absolute atomic E-state index is 13.9. The van der Waals surface area contributed by atoms with Gasteiger partial charge in [-0.25, -0.2) is 0 Å². The van der Waals surface area contributed by atoms with Crippen molar-refractivity contribution in [1.29, 1.82) is 0 Å². The molecule has 0 aromatic heterocycles. The third kappa shape index (κ3) is 3.63. The summed E-state index contributed by atoms with van der Waals surface area (Å²) in [5.41, 5.74) is 2.49. The topological polar surface area (TPSA) is 17.1 Å². The standard InChI is InChI=1S/C21H21OP/c1-18-12-14-19(15-13-18)16-17-23(22,20-8-4-2-5-9-20)21-10-6-3-7-11-21/h2-15H,16-17H2,1H3. The molecule has 0 saturated carbocycles. The number of hydrogen-bond donors (Lipinski definition) is 0. The average molecular weight is 320 g/mol. The van der Waals surface area contributed by atoms with Crippen LogP contribution in [-0.2, 0) is 11.0 Å². The molecule has 0 atom stereocenters. The van der Waals surface area contributed by atoms with Crippen LogP contribution < -0.4 is 10.6 Å². The average Bonchev–Trinajstić information content (AvgIpc) is 2.62. The molecule has 2 heteroatoms. The summed E-state index contributed by atoms with van der Waals surface area (Å²) in [6.45, 7) is 2.09. The van der Waals surface area contributed by atoms with E-state index in [1.807, 2.05) is 60.7 Å². The molecule has 3 aromatic rings. The fourth-order valence-corrected chi connectivity index (χ4v) is 5.48. The number of aryl methyl sites for hydroxylation is 2. The molecule has 3 aromatic carbocycles. The zero-order chi connectivity index (χ0) is 16.1. The van der Waals surface area contributed by atoms with Crippen LogP contribution >= 0.6 is 7.14 Å². The molecule has 0 aliphatic rings. The molecule has 0 N–H and O–H groups in total. The first-order chi connectivity index (χ1) is 11.2. The van der Waals surface area contributed by atoms with Crippen LogP contribution in [0.1, 0.15) is 11.1 Å². The van der Waals surface area contributed by atoms with E-state index in [0.29, 0.717) is 6.16 Å². The van der Waals surface area contributed by atoms with E-state index in [1.165, 1.54) is 11.1 Å². The third-order valence-corrected chi connectivity index (χ3v) is 7.30. The van der Waals surface area contributed by atoms with E-state index in [-0.39, 0.29) is 0 Å². The van der Waals surface area contributed by atoms with Crippen molar-refractivity contribution in [1.82, 2.24) is 0 Å². The molecule has 0 unspecified atom stereocenters. The quantitative estimate of drug-likeness (QED) is 0.630. The molecule has 3 rings (SSSR count). The van der Waals surface area contributed by atoms with Crippen LogP contribution in [0.5, 0.6) is 0 Å². The van der Waals surface area contributed by atoms with Gasteiger partial charge in [0.1, 0.15) is 7.14 Å². The Morgan fingerprint density at radius 1 is 0.696 bits per heavy atom. The molecule has 0 amide bonds. The molecular weight excluding hydrogens is 299 g/mol. The van der Waals surface area contributed by atoms with Gasteiger partial charge < -0.3 is 4.57 Å². The van der Waals surface area contributed by atoms with Crippen molar-refractivity contribution in [2.75, 3.05) is 6.16 Å². The lowest BCUT2D eigenvalue weighted by Crippen LogP contribution is -2.19. The van der Waals surface area contributed by atoms with Gasteiger partial charge in [-0.15, -0.1) is 0 Å². The van der Waals surface area contributed by atoms with Crippen LogP contribution in [0.15, 0.2) is 84.9 Å². The lowest BCUT2D eigenvalue weighted by Gasteiger charge is -2.19. The van der Waals surface area contributed by atoms with E-state index in [0.717, 1.165) is 17.0 Å². The van der Waals surface area contributed by atoms with Gasteiger partial charge in [0.25, 0.3) is 0 Å². The van der Waals surface area contributed by atoms with Crippen LogP contribution in [0.2, 0.25) is 0 Å². The number of rotatable bonds is 5. The lowest BCUT2D eigenvalue weighted by atomic mass is 10.1. The minimum Gasteiger partial charge on any atom is -0.314 e. The minimum atomic E-state index is -2.60. The maximum Gasteiger partial charge on any atom is 0.143 e. The van der Waals surface area contributed by atoms with Crippen molar-refractivity contribution < 1.29 is 4.57 Å². The molecule has 0 saturated heterocycles. The van der Waals surface area contributed by atoms with Gasteiger partial charge in [-0.1, -0.05) is 90.5 Å². The number of hydrogen-bond acceptors (Lipinski definition) is 1. The Morgan fingerprint density at radius 3 is 1.65 bits per heavy atom. The summed E-state index contributed by atoms with van der Waals surface area (Å²) in [7, 11) is -2.60. The SMILES string of the molecule is Cc1ccc(CCP(=O)(c2ccccc2)c2ccccc2)cc1. The van der Waals surface area contributed by atoms with Gasteiger partial charge in [-0.2, -0.15) is 0 Å². The monoisotopic (exact) mass is 320 g/mol. The van der Waals surface area contributed by atoms with Gasteiger partial charge in [0.2, 0.25) is 0 Å². The van der Waals surface area contributed by atoms with Gasteiger partial charge in [0.15, 0.2) is 0 Å². The second-order valence-electron chi connectivity index (χ2n) is 5.87. The molecule has 0 heterocycles. The zero-order valence-electron chi connectivity index (χ0n) is 13.4. The van der Waals surface area contributed by atoms with Crippen molar-refractivity contribution in [2.45, 2.75) is 13.3 Å². The summed E-state index contributed by atoms with van der Waals surface area (Å²) in [6.07, 6.45) is 1.48. The van der Waals surface area contributed by atoms with E-state index >= 15 is 0 Å². The summed E-state index contributed by atoms with van der Waals surface area (Å²) >= 11 is 0. The van der Waals surface area contributed by atoms with Crippen molar-refractivity contribution >= 4 is 17.8 Å². The second-order valence-corrected chi connectivity index (χ2v) is 8.83. The molecule has 23 heavy (non-hydrogen) atoms. The van der Waals surface area contributed by atoms with Crippen LogP contribution in [0.3, 0.4) is 0 Å². The first-order valence-electron chi connectivity index (χ1n) is 7.94. The highest BCUT2D eigenvalue weighted by Gasteiger charge is 2.26. The van der Waals surface area contributed by atoms with E-state index in [1.54, 1.807) is 0 Å². The predicted molar refractivity (Wildman–Crippen MR) is 99.5 cm³/mol. The van der Waals surface area contributed by atoms with E-state index in [2.05, 4.69) is 31.2 Å². The Morgan fingerprint density at radius 2 is 1.17 bits per heavy atom. The van der Waals surface area contributed by atoms with Crippen molar-refractivity contribution in [3.05, 3.63) is 96.1 Å². The fraction of sp³-hybridized carbons (Fsp3) is 0.143. The van der Waals surface area contributed by atoms with E-state index in [9.17, 15) is 4.57 Å². The largest absolute Gasteiger partial charge is 0.314 e. The molecule has 0 aliphatic heterocycles. The molecule has 1 nitrogen and oxygen atoms in total. The Kier molecular flexibility index (Phi) is 4.79. The fourth-order valence-electron chi connectivity index (χ4n) is 2.79. The molecule has 0 bridgehead atoms. The summed E-state index contributed by atoms with van der Waals surface area (Å²) < 4.78 is 13.9. The highest BCUT2D eigenvalue weighted by molar-refractivity contribution is 7.78. The van der Waals surface area contributed by atoms with Gasteiger partial charge in [0, 0.05) is 16.8 Å². The summed E-state index contributed by atoms with van der Waals surface area (Å²) in [4.78, 5) is 0. The molecule has 116 valence electrons. The van der Waals surface area contributed by atoms with E-state index in [4.69, 9.17) is 0 Å². The van der Waals surface area contributed by atoms with Crippen LogP contribution in [-0.4, -0.2) is 6.16 Å². The van der Waals surface area contributed by atoms with Gasteiger partial charge in [-0.05, 0) is 18.9 Å². The Balaban J connectivity index is 1.93. The molecule has 0 radical (unpaired) electrons. The van der Waals surface area contributed by atoms with Gasteiger partial charge >= 0.3 is 0 Å². The van der Waals surface area contributed by atoms with Crippen LogP contribution in [0, 0.1) is 6.92 Å². The molecular formula is C21H21OP. The minimum absolute atomic E-state index is 0.657. The Labute approximate surface area is 138 Å². The lowest BCUT2D eigenvalue weighted by molar-refractivity contribution is 0.586. The smallest absolute Gasteiger partial charge is 0.143 e. The first kappa shape index (κ1) is 15.8. The van der Waals surface area contributed by atoms with Gasteiger partial charge in [-0.3, -0.25) is 0 Å². The maximum atomic E-state index is 13.9. The van der Waals surface area contributed by atoms with Crippen molar-refractivity contribution in [2.24, 2.45) is 0 Å². The van der Waals surface area contributed by atoms with Gasteiger partial charge in [0.05, 0.1) is 0 Å². The Hall–Kier alpha value is -2.11. The molecule has 0 fully saturated rings. The third-order valence-electron chi connectivity index (χ3n) is 4.18. The summed E-state index contributed by atoms with van der Waals surface area (Å²) in [6, 6.07) is 28.3. The highest BCUT2D eigenvalue weighted by atomic mass is 31.2. The summed E-state index contributed by atoms with van der Waals surface area (Å²) in [5, 5.41) is 1.89. The Bertz CT molecular complexity index is 749. The summed E-state index contributed by atoms with van der Waals surface area (Å²) in [5.74, 6) is 0. The number of benzene rings is 3. The second kappa shape index (κ2) is 6.98. The highest BCUT2D eigenvalue weighted by Crippen LogP contribution is 2.43. The molecule has 0 aliphatic carbocycles.